The van der Waals surface area contributed by atoms with Gasteiger partial charge in [0, 0.05) is 4.47 Å². The highest BCUT2D eigenvalue weighted by Crippen LogP contribution is 2.22. The van der Waals surface area contributed by atoms with E-state index in [1.165, 1.54) is 0 Å². The monoisotopic (exact) mass is 300 g/mol. The zero-order chi connectivity index (χ0) is 12.8. The molecule has 0 aromatic heterocycles. The topological polar surface area (TPSA) is 52.6 Å². The molecule has 92 valence electrons. The second-order valence-corrected chi connectivity index (χ2v) is 4.23. The number of esters is 1. The summed E-state index contributed by atoms with van der Waals surface area (Å²) in [6.45, 7) is 3.60. The van der Waals surface area contributed by atoms with Crippen molar-refractivity contribution < 1.29 is 19.1 Å². The van der Waals surface area contributed by atoms with E-state index in [2.05, 4.69) is 15.9 Å². The van der Waals surface area contributed by atoms with Crippen LogP contribution in [-0.4, -0.2) is 25.0 Å². The van der Waals surface area contributed by atoms with Crippen molar-refractivity contribution in [3.63, 3.8) is 0 Å². The summed E-state index contributed by atoms with van der Waals surface area (Å²) in [4.78, 5) is 22.2. The molecule has 4 nitrogen and oxygen atoms in total. The lowest BCUT2D eigenvalue weighted by Crippen LogP contribution is -2.26. The van der Waals surface area contributed by atoms with E-state index in [0.29, 0.717) is 24.2 Å². The Hall–Kier alpha value is -1.36. The molecule has 0 aliphatic carbocycles. The van der Waals surface area contributed by atoms with Crippen LogP contribution in [0.3, 0.4) is 0 Å². The molecule has 0 radical (unpaired) electrons. The quantitative estimate of drug-likeness (QED) is 0.619. The second kappa shape index (κ2) is 6.39. The molecule has 0 spiro atoms. The maximum absolute atomic E-state index is 11.4. The molecule has 1 aromatic carbocycles. The summed E-state index contributed by atoms with van der Waals surface area (Å²) in [6.07, 6.45) is -0.0624. The molecule has 1 rings (SSSR count). The Morgan fingerprint density at radius 1 is 1.53 bits per heavy atom. The maximum atomic E-state index is 11.4. The highest BCUT2D eigenvalue weighted by atomic mass is 79.9. The molecule has 1 atom stereocenters. The smallest absolute Gasteiger partial charge is 0.347 e. The molecule has 0 heterocycles. The number of aldehydes is 1. The van der Waals surface area contributed by atoms with E-state index < -0.39 is 12.1 Å². The fourth-order valence-corrected chi connectivity index (χ4v) is 1.60. The Morgan fingerprint density at radius 2 is 2.24 bits per heavy atom. The van der Waals surface area contributed by atoms with Crippen molar-refractivity contribution >= 4 is 28.2 Å². The van der Waals surface area contributed by atoms with Crippen LogP contribution < -0.4 is 4.74 Å². The van der Waals surface area contributed by atoms with E-state index in [9.17, 15) is 9.59 Å². The fourth-order valence-electron chi connectivity index (χ4n) is 1.22. The Labute approximate surface area is 108 Å². The molecular formula is C12H13BrO4. The first-order chi connectivity index (χ1) is 8.08. The lowest BCUT2D eigenvalue weighted by Gasteiger charge is -2.14. The molecule has 0 bridgehead atoms. The summed E-state index contributed by atoms with van der Waals surface area (Å²) in [6, 6.07) is 4.99. The van der Waals surface area contributed by atoms with Crippen molar-refractivity contribution in [2.45, 2.75) is 20.0 Å². The van der Waals surface area contributed by atoms with Crippen LogP contribution in [0.5, 0.6) is 5.75 Å². The Bertz CT molecular complexity index is 417. The van der Waals surface area contributed by atoms with Gasteiger partial charge >= 0.3 is 5.97 Å². The number of hydrogen-bond donors (Lipinski definition) is 0. The Balaban J connectivity index is 2.80. The zero-order valence-electron chi connectivity index (χ0n) is 9.60. The average Bonchev–Trinajstić information content (AvgIpc) is 2.31. The first-order valence-electron chi connectivity index (χ1n) is 5.16. The minimum Gasteiger partial charge on any atom is -0.478 e. The second-order valence-electron chi connectivity index (χ2n) is 3.31. The molecular weight excluding hydrogens is 288 g/mol. The lowest BCUT2D eigenvalue weighted by molar-refractivity contribution is -0.150. The minimum atomic E-state index is -0.741. The van der Waals surface area contributed by atoms with E-state index >= 15 is 0 Å². The number of carbonyl (C=O) groups excluding carboxylic acids is 2. The van der Waals surface area contributed by atoms with E-state index in [1.54, 1.807) is 32.0 Å². The van der Waals surface area contributed by atoms with E-state index in [4.69, 9.17) is 9.47 Å². The molecule has 0 aliphatic heterocycles. The zero-order valence-corrected chi connectivity index (χ0v) is 11.2. The Morgan fingerprint density at radius 3 is 2.82 bits per heavy atom. The predicted octanol–water partition coefficient (Wildman–Crippen LogP) is 2.59. The van der Waals surface area contributed by atoms with Gasteiger partial charge in [0.1, 0.15) is 5.75 Å². The van der Waals surface area contributed by atoms with Crippen LogP contribution in [-0.2, 0) is 9.53 Å². The molecule has 0 N–H and O–H groups in total. The summed E-state index contributed by atoms with van der Waals surface area (Å²) in [5.74, 6) is -0.0870. The van der Waals surface area contributed by atoms with E-state index in [0.717, 1.165) is 4.47 Å². The maximum Gasteiger partial charge on any atom is 0.347 e. The molecule has 0 fully saturated rings. The van der Waals surface area contributed by atoms with Gasteiger partial charge in [-0.2, -0.15) is 0 Å². The third-order valence-corrected chi connectivity index (χ3v) is 2.51. The number of rotatable bonds is 5. The number of benzene rings is 1. The van der Waals surface area contributed by atoms with Crippen LogP contribution in [0, 0.1) is 0 Å². The summed E-state index contributed by atoms with van der Waals surface area (Å²) >= 11 is 3.25. The van der Waals surface area contributed by atoms with Gasteiger partial charge in [0.15, 0.2) is 12.4 Å². The fraction of sp³-hybridized carbons (Fsp3) is 0.333. The van der Waals surface area contributed by atoms with Gasteiger partial charge in [-0.15, -0.1) is 0 Å². The predicted molar refractivity (Wildman–Crippen MR) is 66.3 cm³/mol. The van der Waals surface area contributed by atoms with Gasteiger partial charge in [-0.3, -0.25) is 4.79 Å². The van der Waals surface area contributed by atoms with Crippen LogP contribution >= 0.6 is 15.9 Å². The molecule has 0 unspecified atom stereocenters. The van der Waals surface area contributed by atoms with Crippen molar-refractivity contribution in [2.75, 3.05) is 6.61 Å². The SMILES string of the molecule is CCOC(=O)[C@@H](C)Oc1ccc(Br)cc1C=O. The molecule has 0 saturated heterocycles. The summed E-state index contributed by atoms with van der Waals surface area (Å²) in [5.41, 5.74) is 0.385. The first kappa shape index (κ1) is 13.7. The number of halogens is 1. The number of carbonyl (C=O) groups is 2. The van der Waals surface area contributed by atoms with E-state index in [1.807, 2.05) is 0 Å². The van der Waals surface area contributed by atoms with Gasteiger partial charge in [0.25, 0.3) is 0 Å². The largest absolute Gasteiger partial charge is 0.478 e. The highest BCUT2D eigenvalue weighted by Gasteiger charge is 2.17. The number of ether oxygens (including phenoxy) is 2. The summed E-state index contributed by atoms with van der Waals surface area (Å²) < 4.78 is 11.0. The molecule has 5 heteroatoms. The van der Waals surface area contributed by atoms with Crippen molar-refractivity contribution in [1.29, 1.82) is 0 Å². The lowest BCUT2D eigenvalue weighted by atomic mass is 10.2. The van der Waals surface area contributed by atoms with Crippen molar-refractivity contribution in [3.8, 4) is 5.75 Å². The van der Waals surface area contributed by atoms with Crippen LogP contribution in [0.25, 0.3) is 0 Å². The highest BCUT2D eigenvalue weighted by molar-refractivity contribution is 9.10. The van der Waals surface area contributed by atoms with E-state index in [-0.39, 0.29) is 0 Å². The molecule has 1 aromatic rings. The van der Waals surface area contributed by atoms with Gasteiger partial charge in [-0.1, -0.05) is 15.9 Å². The molecule has 0 aliphatic rings. The van der Waals surface area contributed by atoms with Crippen LogP contribution in [0.1, 0.15) is 24.2 Å². The van der Waals surface area contributed by atoms with Crippen molar-refractivity contribution in [3.05, 3.63) is 28.2 Å². The van der Waals surface area contributed by atoms with Gasteiger partial charge in [0.05, 0.1) is 12.2 Å². The van der Waals surface area contributed by atoms with Crippen molar-refractivity contribution in [2.24, 2.45) is 0 Å². The molecule has 0 amide bonds. The van der Waals surface area contributed by atoms with Crippen LogP contribution in [0.4, 0.5) is 0 Å². The van der Waals surface area contributed by atoms with Gasteiger partial charge < -0.3 is 9.47 Å². The van der Waals surface area contributed by atoms with Gasteiger partial charge in [-0.05, 0) is 32.0 Å². The molecule has 0 saturated carbocycles. The number of hydrogen-bond acceptors (Lipinski definition) is 4. The standard InChI is InChI=1S/C12H13BrO4/c1-3-16-12(15)8(2)17-11-5-4-10(13)6-9(11)7-14/h4-8H,3H2,1-2H3/t8-/m1/s1. The first-order valence-corrected chi connectivity index (χ1v) is 5.95. The Kier molecular flexibility index (Phi) is 5.15. The third-order valence-electron chi connectivity index (χ3n) is 2.02. The molecule has 17 heavy (non-hydrogen) atoms. The van der Waals surface area contributed by atoms with Gasteiger partial charge in [-0.25, -0.2) is 4.79 Å². The summed E-state index contributed by atoms with van der Waals surface area (Å²) in [7, 11) is 0. The van der Waals surface area contributed by atoms with Gasteiger partial charge in [0.2, 0.25) is 0 Å². The summed E-state index contributed by atoms with van der Waals surface area (Å²) in [5, 5.41) is 0. The minimum absolute atomic E-state index is 0.299. The van der Waals surface area contributed by atoms with Crippen LogP contribution in [0.15, 0.2) is 22.7 Å². The third kappa shape index (κ3) is 3.85. The normalized spacial score (nSPS) is 11.7. The average molecular weight is 301 g/mol. The van der Waals surface area contributed by atoms with Crippen LogP contribution in [0.2, 0.25) is 0 Å². The van der Waals surface area contributed by atoms with Crippen molar-refractivity contribution in [1.82, 2.24) is 0 Å².